The van der Waals surface area contributed by atoms with Gasteiger partial charge in [0.2, 0.25) is 0 Å². The van der Waals surface area contributed by atoms with Gasteiger partial charge in [-0.3, -0.25) is 0 Å². The van der Waals surface area contributed by atoms with Gasteiger partial charge in [-0.25, -0.2) is 0 Å². The minimum Gasteiger partial charge on any atom is -0.431 e. The van der Waals surface area contributed by atoms with Crippen LogP contribution in [0.1, 0.15) is 118 Å². The van der Waals surface area contributed by atoms with Crippen molar-refractivity contribution in [2.24, 2.45) is 13.5 Å². The maximum absolute atomic E-state index is 13.3. The van der Waals surface area contributed by atoms with Crippen molar-refractivity contribution < 1.29 is 29.2 Å². The molecule has 0 aliphatic carbocycles. The second kappa shape index (κ2) is 14.5. The molecule has 3 atom stereocenters. The first-order valence-electron chi connectivity index (χ1n) is 19.1. The van der Waals surface area contributed by atoms with E-state index in [1.54, 1.807) is 36.4 Å². The van der Waals surface area contributed by atoms with Gasteiger partial charge < -0.3 is 13.6 Å². The van der Waals surface area contributed by atoms with Crippen LogP contribution in [0.3, 0.4) is 0 Å². The third-order valence-electron chi connectivity index (χ3n) is 12.4. The maximum Gasteiger partial charge on any atom is 0.354 e. The summed E-state index contributed by atoms with van der Waals surface area (Å²) >= 11 is 21.6. The van der Waals surface area contributed by atoms with Crippen molar-refractivity contribution in [3.63, 3.8) is 0 Å². The van der Waals surface area contributed by atoms with Crippen LogP contribution in [0.2, 0.25) is 0 Å². The Morgan fingerprint density at radius 2 is 0.632 bits per heavy atom. The van der Waals surface area contributed by atoms with Crippen LogP contribution in [0.5, 0.6) is 17.2 Å². The predicted octanol–water partition coefficient (Wildman–Crippen LogP) is 14.1. The molecule has 12 nitrogen and oxygen atoms in total. The average molecular weight is 899 g/mol. The summed E-state index contributed by atoms with van der Waals surface area (Å²) in [5.74, 6) is 0.999. The third kappa shape index (κ3) is 8.02. The Kier molecular flexibility index (Phi) is 11.1. The van der Waals surface area contributed by atoms with Crippen LogP contribution in [0.15, 0.2) is 86.3 Å². The molecule has 3 aromatic rings. The molecule has 18 heteroatoms. The zero-order chi connectivity index (χ0) is 41.7. The van der Waals surface area contributed by atoms with E-state index in [4.69, 9.17) is 47.3 Å². The zero-order valence-electron chi connectivity index (χ0n) is 33.8. The molecule has 309 valence electrons. The van der Waals surface area contributed by atoms with Gasteiger partial charge in [0.25, 0.3) is 0 Å². The van der Waals surface area contributed by atoms with Gasteiger partial charge in [-0.1, -0.05) is 36.4 Å². The number of rotatable bonds is 9. The van der Waals surface area contributed by atoms with E-state index in [-0.39, 0.29) is 0 Å². The van der Waals surface area contributed by atoms with Crippen LogP contribution in [0.25, 0.3) is 0 Å². The lowest BCUT2D eigenvalue weighted by atomic mass is 9.90. The topological polar surface area (TPSA) is 134 Å². The third-order valence-corrected chi connectivity index (χ3v) is 23.3. The molecule has 0 bridgehead atoms. The number of nitrogens with zero attached hydrogens (tertiary/aromatic N) is 6. The van der Waals surface area contributed by atoms with E-state index in [9.17, 15) is 15.6 Å². The van der Waals surface area contributed by atoms with Crippen LogP contribution in [-0.4, -0.2) is 31.8 Å². The molecule has 3 radical (unpaired) electrons. The van der Waals surface area contributed by atoms with Gasteiger partial charge in [0, 0.05) is 16.6 Å². The van der Waals surface area contributed by atoms with Crippen molar-refractivity contribution in [3.05, 3.63) is 89.5 Å². The Hall–Kier alpha value is -1.62. The Morgan fingerprint density at radius 3 is 0.807 bits per heavy atom. The number of hydroxylamine groups is 6. The van der Waals surface area contributed by atoms with E-state index in [2.05, 4.69) is 13.5 Å². The molecule has 0 amide bonds. The van der Waals surface area contributed by atoms with Crippen LogP contribution in [0, 0.1) is 0 Å². The molecular weight excluding hydrogens is 848 g/mol. The van der Waals surface area contributed by atoms with Gasteiger partial charge in [-0.05, 0) is 188 Å². The fraction of sp³-hybridized carbons (Fsp3) is 0.538. The zero-order valence-corrected chi connectivity index (χ0v) is 38.7. The van der Waals surface area contributed by atoms with E-state index in [1.807, 2.05) is 98.7 Å². The maximum atomic E-state index is 13.3. The molecule has 3 saturated heterocycles. The molecule has 4 heterocycles. The van der Waals surface area contributed by atoms with E-state index in [0.29, 0.717) is 36.5 Å². The summed E-state index contributed by atoms with van der Waals surface area (Å²) < 4.78 is 32.9. The Morgan fingerprint density at radius 1 is 0.421 bits per heavy atom. The molecule has 3 unspecified atom stereocenters. The summed E-state index contributed by atoms with van der Waals surface area (Å²) in [5, 5.41) is 43.3. The first-order chi connectivity index (χ1) is 26.3. The summed E-state index contributed by atoms with van der Waals surface area (Å²) in [6, 6.07) is 21.3. The first-order valence-corrected chi connectivity index (χ1v) is 26.6. The standard InChI is InChI=1S/C39H51Cl3N6O6P3/c1-34(2)22-25-37(7,46(34)49)28-10-16-31(17-11-28)52-55(40)43-56(41,53-32-18-12-29(13-19-32)38(8)26-23-35(3,4)47(38)50)45-57(42,44-55)54-33-20-14-30(15-21-33)39(9)27-24-36(5,6)48(39)51/h10-21H,22-27H2,1-9H3. The molecule has 0 saturated carbocycles. The van der Waals surface area contributed by atoms with Crippen LogP contribution < -0.4 is 13.6 Å². The first kappa shape index (κ1) is 43.5. The molecule has 0 aromatic heterocycles. The molecule has 3 fully saturated rings. The molecule has 0 N–H and O–H groups in total. The Bertz CT molecular complexity index is 1950. The van der Waals surface area contributed by atoms with Gasteiger partial charge in [0.1, 0.15) is 17.2 Å². The molecule has 4 aliphatic rings. The van der Waals surface area contributed by atoms with Crippen molar-refractivity contribution in [3.8, 4) is 17.2 Å². The summed E-state index contributed by atoms with van der Waals surface area (Å²) in [6.07, 6.45) is 4.41. The average Bonchev–Trinajstić information content (AvgIpc) is 3.58. The van der Waals surface area contributed by atoms with Gasteiger partial charge in [-0.2, -0.15) is 0 Å². The molecule has 7 rings (SSSR count). The molecule has 4 aliphatic heterocycles. The molecule has 57 heavy (non-hydrogen) atoms. The molecule has 0 spiro atoms. The largest absolute Gasteiger partial charge is 0.431 e. The van der Waals surface area contributed by atoms with Crippen molar-refractivity contribution in [2.45, 2.75) is 134 Å². The minimum atomic E-state index is -3.77. The number of benzene rings is 3. The molecular formula is C39H51Cl3N6O6P3. The lowest BCUT2D eigenvalue weighted by Crippen LogP contribution is -2.44. The highest BCUT2D eigenvalue weighted by Gasteiger charge is 2.52. The van der Waals surface area contributed by atoms with Crippen molar-refractivity contribution in [1.29, 1.82) is 0 Å². The van der Waals surface area contributed by atoms with Gasteiger partial charge >= 0.3 is 20.4 Å². The van der Waals surface area contributed by atoms with Crippen molar-refractivity contribution >= 4 is 54.1 Å². The number of hydrogen-bond acceptors (Lipinski definition) is 9. The smallest absolute Gasteiger partial charge is 0.354 e. The number of halogens is 3. The lowest BCUT2D eigenvalue weighted by molar-refractivity contribution is -0.252. The monoisotopic (exact) mass is 897 g/mol. The van der Waals surface area contributed by atoms with E-state index in [1.165, 1.54) is 15.2 Å². The van der Waals surface area contributed by atoms with Gasteiger partial charge in [-0.15, -0.1) is 44.4 Å². The Balaban J connectivity index is 1.21. The fourth-order valence-corrected chi connectivity index (χ4v) is 22.0. The normalized spacial score (nSPS) is 36.3. The van der Waals surface area contributed by atoms with E-state index in [0.717, 1.165) is 36.0 Å². The minimum absolute atomic E-state index is 0.333. The lowest BCUT2D eigenvalue weighted by Gasteiger charge is -2.35. The fourth-order valence-electron chi connectivity index (χ4n) is 8.64. The quantitative estimate of drug-likeness (QED) is 0.196. The number of hydrogen-bond donors (Lipinski definition) is 0. The SMILES string of the molecule is CC1(C)CCC(C)(c2ccc(OP3(Cl)=NP(Cl)(Oc4ccc(C5(C)CCC(C)(C)N5[O])cc4)=NP(Cl)(Oc4ccc(C5(C)CCC(C)(C)N5[O])cc4)=N3)cc2)N1[O]. The highest BCUT2D eigenvalue weighted by Crippen LogP contribution is 2.83. The molecule has 3 aromatic carbocycles. The Labute approximate surface area is 351 Å². The van der Waals surface area contributed by atoms with Gasteiger partial charge in [0.15, 0.2) is 0 Å². The van der Waals surface area contributed by atoms with E-state index >= 15 is 0 Å². The van der Waals surface area contributed by atoms with Crippen LogP contribution >= 0.6 is 54.1 Å². The predicted molar refractivity (Wildman–Crippen MR) is 226 cm³/mol. The summed E-state index contributed by atoms with van der Waals surface area (Å²) in [4.78, 5) is 0. The van der Waals surface area contributed by atoms with Crippen LogP contribution in [-0.2, 0) is 32.2 Å². The van der Waals surface area contributed by atoms with Crippen molar-refractivity contribution in [1.82, 2.24) is 15.2 Å². The van der Waals surface area contributed by atoms with Gasteiger partial charge in [0.05, 0.1) is 16.6 Å². The van der Waals surface area contributed by atoms with Crippen LogP contribution in [0.4, 0.5) is 0 Å². The second-order valence-corrected chi connectivity index (χ2v) is 27.7. The van der Waals surface area contributed by atoms with Crippen molar-refractivity contribution in [2.75, 3.05) is 0 Å². The summed E-state index contributed by atoms with van der Waals surface area (Å²) in [7, 11) is 0. The second-order valence-electron chi connectivity index (χ2n) is 18.2. The summed E-state index contributed by atoms with van der Waals surface area (Å²) in [5.41, 5.74) is -1.04. The summed E-state index contributed by atoms with van der Waals surface area (Å²) in [6.45, 7) is 6.22. The highest BCUT2D eigenvalue weighted by molar-refractivity contribution is 8.05. The van der Waals surface area contributed by atoms with E-state index < -0.39 is 53.6 Å². The highest BCUT2D eigenvalue weighted by atomic mass is 35.7.